The predicted octanol–water partition coefficient (Wildman–Crippen LogP) is 1.46. The van der Waals surface area contributed by atoms with Crippen LogP contribution in [0.4, 0.5) is 13.2 Å². The number of carbonyl (C=O) groups is 1. The van der Waals surface area contributed by atoms with Crippen molar-refractivity contribution >= 4 is 18.4 Å². The maximum atomic E-state index is 12.5. The highest BCUT2D eigenvalue weighted by atomic mass is 35.5. The average Bonchev–Trinajstić information content (AvgIpc) is 1.87. The molecule has 3 nitrogen and oxygen atoms in total. The molecule has 0 bridgehead atoms. The highest BCUT2D eigenvalue weighted by molar-refractivity contribution is 5.85. The number of hydrogen-bond acceptors (Lipinski definition) is 2. The van der Waals surface area contributed by atoms with Crippen molar-refractivity contribution in [1.82, 2.24) is 0 Å². The summed E-state index contributed by atoms with van der Waals surface area (Å²) < 4.78 is 39.5. The molecular formula is C5H8ClF3O3. The molecule has 74 valence electrons. The number of ether oxygens (including phenoxy) is 1. The van der Waals surface area contributed by atoms with Crippen LogP contribution in [0.25, 0.3) is 0 Å². The lowest BCUT2D eigenvalue weighted by molar-refractivity contribution is -0.231. The molecule has 1 N–H and O–H groups in total. The quantitative estimate of drug-likeness (QED) is 0.761. The first-order valence-electron chi connectivity index (χ1n) is 2.79. The molecule has 0 rings (SSSR count). The van der Waals surface area contributed by atoms with Crippen molar-refractivity contribution in [3.8, 4) is 0 Å². The van der Waals surface area contributed by atoms with Gasteiger partial charge in [0.05, 0.1) is 0 Å². The van der Waals surface area contributed by atoms with Gasteiger partial charge >= 0.3 is 18.2 Å². The molecular weight excluding hydrogens is 200 g/mol. The molecule has 1 unspecified atom stereocenters. The van der Waals surface area contributed by atoms with Gasteiger partial charge in [-0.2, -0.15) is 4.39 Å². The Labute approximate surface area is 72.9 Å². The molecule has 0 aromatic rings. The molecule has 0 aliphatic heterocycles. The number of hydrogen-bond donors (Lipinski definition) is 1. The van der Waals surface area contributed by atoms with Crippen molar-refractivity contribution in [1.29, 1.82) is 0 Å². The zero-order valence-electron chi connectivity index (χ0n) is 6.09. The van der Waals surface area contributed by atoms with Crippen LogP contribution in [-0.2, 0) is 9.53 Å². The van der Waals surface area contributed by atoms with Gasteiger partial charge in [-0.3, -0.25) is 0 Å². The Kier molecular flexibility index (Phi) is 6.10. The van der Waals surface area contributed by atoms with Crippen LogP contribution in [-0.4, -0.2) is 30.0 Å². The van der Waals surface area contributed by atoms with Crippen LogP contribution < -0.4 is 0 Å². The van der Waals surface area contributed by atoms with Crippen LogP contribution in [0.3, 0.4) is 0 Å². The van der Waals surface area contributed by atoms with E-state index >= 15 is 0 Å². The molecule has 0 amide bonds. The number of carboxylic acid groups (broad SMARTS) is 1. The van der Waals surface area contributed by atoms with Gasteiger partial charge in [0.15, 0.2) is 0 Å². The predicted molar refractivity (Wildman–Crippen MR) is 36.4 cm³/mol. The summed E-state index contributed by atoms with van der Waals surface area (Å²) in [5, 5.41) is 7.95. The highest BCUT2D eigenvalue weighted by Crippen LogP contribution is 2.22. The summed E-state index contributed by atoms with van der Waals surface area (Å²) >= 11 is 0. The summed E-state index contributed by atoms with van der Waals surface area (Å²) in [6.07, 6.45) is -3.68. The van der Waals surface area contributed by atoms with E-state index in [0.29, 0.717) is 0 Å². The van der Waals surface area contributed by atoms with E-state index in [0.717, 1.165) is 0 Å². The van der Waals surface area contributed by atoms with Crippen molar-refractivity contribution in [2.75, 3.05) is 6.61 Å². The summed E-state index contributed by atoms with van der Waals surface area (Å²) in [4.78, 5) is 9.87. The van der Waals surface area contributed by atoms with Gasteiger partial charge in [0.1, 0.15) is 0 Å². The maximum absolute atomic E-state index is 12.5. The molecule has 7 heteroatoms. The molecule has 0 aromatic heterocycles. The molecule has 0 saturated heterocycles. The number of alkyl halides is 3. The summed E-state index contributed by atoms with van der Waals surface area (Å²) in [6.45, 7) is 0.798. The van der Waals surface area contributed by atoms with Crippen LogP contribution in [0.2, 0.25) is 0 Å². The fourth-order valence-electron chi connectivity index (χ4n) is 0.428. The Balaban J connectivity index is 0. The first-order chi connectivity index (χ1) is 4.95. The van der Waals surface area contributed by atoms with E-state index < -0.39 is 24.9 Å². The summed E-state index contributed by atoms with van der Waals surface area (Å²) in [7, 11) is 0. The number of rotatable bonds is 4. The van der Waals surface area contributed by atoms with Crippen molar-refractivity contribution < 1.29 is 27.8 Å². The van der Waals surface area contributed by atoms with Crippen molar-refractivity contribution in [3.05, 3.63) is 0 Å². The van der Waals surface area contributed by atoms with Gasteiger partial charge in [0.25, 0.3) is 0 Å². The van der Waals surface area contributed by atoms with E-state index in [2.05, 4.69) is 4.74 Å². The number of carboxylic acids is 1. The van der Waals surface area contributed by atoms with E-state index in [-0.39, 0.29) is 12.4 Å². The van der Waals surface area contributed by atoms with Crippen molar-refractivity contribution in [2.45, 2.75) is 19.2 Å². The maximum Gasteiger partial charge on any atom is 0.375 e. The Morgan fingerprint density at radius 2 is 2.08 bits per heavy atom. The van der Waals surface area contributed by atoms with E-state index in [1.54, 1.807) is 0 Å². The number of aliphatic carboxylic acids is 1. The molecule has 0 aliphatic rings. The van der Waals surface area contributed by atoms with Gasteiger partial charge in [-0.1, -0.05) is 0 Å². The van der Waals surface area contributed by atoms with Crippen LogP contribution in [0, 0.1) is 0 Å². The van der Waals surface area contributed by atoms with Crippen LogP contribution in [0.15, 0.2) is 0 Å². The van der Waals surface area contributed by atoms with E-state index in [4.69, 9.17) is 5.11 Å². The molecule has 0 spiro atoms. The minimum Gasteiger partial charge on any atom is -0.477 e. The van der Waals surface area contributed by atoms with Gasteiger partial charge in [0.2, 0.25) is 0 Å². The second-order valence-corrected chi connectivity index (χ2v) is 1.68. The standard InChI is InChI=1S/C5H7F3O3.ClH/c1-2-11-5(8,3(6)7)4(9)10;/h3H,2H2,1H3,(H,9,10);1H. The third-order valence-corrected chi connectivity index (χ3v) is 0.927. The van der Waals surface area contributed by atoms with Crippen LogP contribution >= 0.6 is 12.4 Å². The van der Waals surface area contributed by atoms with E-state index in [1.165, 1.54) is 6.92 Å². The molecule has 0 aliphatic carbocycles. The SMILES string of the molecule is CCOC(F)(C(=O)O)C(F)F.Cl. The average molecular weight is 209 g/mol. The van der Waals surface area contributed by atoms with Gasteiger partial charge in [-0.25, -0.2) is 13.6 Å². The first kappa shape index (κ1) is 14.1. The minimum absolute atomic E-state index is 0. The topological polar surface area (TPSA) is 46.5 Å². The largest absolute Gasteiger partial charge is 0.477 e. The lowest BCUT2D eigenvalue weighted by Gasteiger charge is -2.18. The molecule has 0 radical (unpaired) electrons. The second kappa shape index (κ2) is 5.21. The van der Waals surface area contributed by atoms with E-state index in [9.17, 15) is 18.0 Å². The third kappa shape index (κ3) is 2.86. The van der Waals surface area contributed by atoms with Crippen molar-refractivity contribution in [3.63, 3.8) is 0 Å². The smallest absolute Gasteiger partial charge is 0.375 e. The molecule has 0 aromatic carbocycles. The summed E-state index contributed by atoms with van der Waals surface area (Å²) in [6, 6.07) is 0. The Hall–Kier alpha value is -0.490. The van der Waals surface area contributed by atoms with Gasteiger partial charge < -0.3 is 9.84 Å². The Morgan fingerprint density at radius 3 is 2.17 bits per heavy atom. The second-order valence-electron chi connectivity index (χ2n) is 1.68. The zero-order chi connectivity index (χ0) is 9.07. The lowest BCUT2D eigenvalue weighted by Crippen LogP contribution is -2.43. The monoisotopic (exact) mass is 208 g/mol. The van der Waals surface area contributed by atoms with E-state index in [1.807, 2.05) is 0 Å². The van der Waals surface area contributed by atoms with Gasteiger partial charge in [-0.15, -0.1) is 12.4 Å². The fraction of sp³-hybridized carbons (Fsp3) is 0.800. The van der Waals surface area contributed by atoms with Crippen LogP contribution in [0.1, 0.15) is 6.92 Å². The fourth-order valence-corrected chi connectivity index (χ4v) is 0.428. The first-order valence-corrected chi connectivity index (χ1v) is 2.79. The third-order valence-electron chi connectivity index (χ3n) is 0.927. The molecule has 12 heavy (non-hydrogen) atoms. The lowest BCUT2D eigenvalue weighted by atomic mass is 10.3. The summed E-state index contributed by atoms with van der Waals surface area (Å²) in [5.41, 5.74) is 0. The minimum atomic E-state index is -3.87. The molecule has 1 atom stereocenters. The zero-order valence-corrected chi connectivity index (χ0v) is 6.91. The molecule has 0 fully saturated rings. The molecule has 0 saturated carbocycles. The Bertz CT molecular complexity index is 155. The summed E-state index contributed by atoms with van der Waals surface area (Å²) in [5.74, 6) is -6.18. The molecule has 0 heterocycles. The van der Waals surface area contributed by atoms with Gasteiger partial charge in [-0.05, 0) is 6.92 Å². The highest BCUT2D eigenvalue weighted by Gasteiger charge is 2.49. The normalized spacial score (nSPS) is 15.1. The Morgan fingerprint density at radius 1 is 1.67 bits per heavy atom. The van der Waals surface area contributed by atoms with Crippen LogP contribution in [0.5, 0.6) is 0 Å². The van der Waals surface area contributed by atoms with Crippen molar-refractivity contribution in [2.24, 2.45) is 0 Å². The van der Waals surface area contributed by atoms with Gasteiger partial charge in [0, 0.05) is 6.61 Å². The number of halogens is 4.